The predicted octanol–water partition coefficient (Wildman–Crippen LogP) is 2.59. The maximum absolute atomic E-state index is 13.0. The van der Waals surface area contributed by atoms with E-state index >= 15 is 0 Å². The SMILES string of the molecule is Cc1cnc(CNCc2cc(O)cc(F)c2)s1. The molecule has 2 aromatic rings. The largest absolute Gasteiger partial charge is 0.508 e. The smallest absolute Gasteiger partial charge is 0.127 e. The van der Waals surface area contributed by atoms with E-state index in [0.29, 0.717) is 13.1 Å². The van der Waals surface area contributed by atoms with Gasteiger partial charge in [0.1, 0.15) is 16.6 Å². The zero-order valence-electron chi connectivity index (χ0n) is 9.40. The van der Waals surface area contributed by atoms with E-state index in [1.165, 1.54) is 10.9 Å². The fraction of sp³-hybridized carbons (Fsp3) is 0.250. The molecule has 1 aromatic heterocycles. The second kappa shape index (κ2) is 5.25. The average Bonchev–Trinajstić information content (AvgIpc) is 2.63. The molecule has 0 amide bonds. The molecule has 0 fully saturated rings. The summed E-state index contributed by atoms with van der Waals surface area (Å²) in [5, 5.41) is 13.4. The van der Waals surface area contributed by atoms with Gasteiger partial charge in [-0.2, -0.15) is 0 Å². The number of aromatic nitrogens is 1. The summed E-state index contributed by atoms with van der Waals surface area (Å²) in [7, 11) is 0. The van der Waals surface area contributed by atoms with E-state index in [-0.39, 0.29) is 5.75 Å². The maximum Gasteiger partial charge on any atom is 0.127 e. The summed E-state index contributed by atoms with van der Waals surface area (Å²) in [6.07, 6.45) is 1.83. The Morgan fingerprint density at radius 3 is 2.82 bits per heavy atom. The zero-order valence-corrected chi connectivity index (χ0v) is 10.2. The first-order valence-electron chi connectivity index (χ1n) is 5.24. The number of thiazole rings is 1. The number of nitrogens with zero attached hydrogens (tertiary/aromatic N) is 1. The van der Waals surface area contributed by atoms with Crippen molar-refractivity contribution in [1.82, 2.24) is 10.3 Å². The fourth-order valence-corrected chi connectivity index (χ4v) is 2.29. The molecule has 0 bridgehead atoms. The number of halogens is 1. The standard InChI is InChI=1S/C12H13FN2OS/c1-8-5-15-12(17-8)7-14-6-9-2-10(13)4-11(16)3-9/h2-5,14,16H,6-7H2,1H3. The summed E-state index contributed by atoms with van der Waals surface area (Å²) in [6, 6.07) is 4.04. The molecule has 17 heavy (non-hydrogen) atoms. The molecule has 0 aliphatic rings. The normalized spacial score (nSPS) is 10.7. The van der Waals surface area contributed by atoms with Crippen LogP contribution in [0.1, 0.15) is 15.4 Å². The number of benzene rings is 1. The van der Waals surface area contributed by atoms with Crippen molar-refractivity contribution in [2.75, 3.05) is 0 Å². The number of hydrogen-bond donors (Lipinski definition) is 2. The van der Waals surface area contributed by atoms with Crippen molar-refractivity contribution in [2.24, 2.45) is 0 Å². The van der Waals surface area contributed by atoms with Crippen molar-refractivity contribution < 1.29 is 9.50 Å². The fourth-order valence-electron chi connectivity index (χ4n) is 1.53. The molecule has 0 atom stereocenters. The molecule has 0 aliphatic heterocycles. The minimum atomic E-state index is -0.424. The van der Waals surface area contributed by atoms with Gasteiger partial charge in [-0.15, -0.1) is 11.3 Å². The van der Waals surface area contributed by atoms with Gasteiger partial charge in [0.15, 0.2) is 0 Å². The van der Waals surface area contributed by atoms with Crippen molar-refractivity contribution in [3.05, 3.63) is 45.7 Å². The number of phenols is 1. The van der Waals surface area contributed by atoms with E-state index in [4.69, 9.17) is 0 Å². The molecule has 0 radical (unpaired) electrons. The van der Waals surface area contributed by atoms with E-state index in [1.54, 1.807) is 17.4 Å². The van der Waals surface area contributed by atoms with Crippen LogP contribution in [0.3, 0.4) is 0 Å². The zero-order chi connectivity index (χ0) is 12.3. The van der Waals surface area contributed by atoms with Crippen LogP contribution in [0.25, 0.3) is 0 Å². The van der Waals surface area contributed by atoms with Crippen LogP contribution in [0.5, 0.6) is 5.75 Å². The third-order valence-corrected chi connectivity index (χ3v) is 3.13. The van der Waals surface area contributed by atoms with Gasteiger partial charge in [-0.1, -0.05) is 0 Å². The van der Waals surface area contributed by atoms with Crippen LogP contribution < -0.4 is 5.32 Å². The molecule has 0 unspecified atom stereocenters. The van der Waals surface area contributed by atoms with Crippen LogP contribution in [0.15, 0.2) is 24.4 Å². The summed E-state index contributed by atoms with van der Waals surface area (Å²) in [5.74, 6) is -0.473. The first-order valence-corrected chi connectivity index (χ1v) is 6.05. The van der Waals surface area contributed by atoms with E-state index in [1.807, 2.05) is 13.1 Å². The monoisotopic (exact) mass is 252 g/mol. The molecule has 5 heteroatoms. The Morgan fingerprint density at radius 2 is 2.18 bits per heavy atom. The van der Waals surface area contributed by atoms with E-state index in [2.05, 4.69) is 10.3 Å². The van der Waals surface area contributed by atoms with Gasteiger partial charge in [0.2, 0.25) is 0 Å². The summed E-state index contributed by atoms with van der Waals surface area (Å²) in [4.78, 5) is 5.39. The highest BCUT2D eigenvalue weighted by atomic mass is 32.1. The Hall–Kier alpha value is -1.46. The van der Waals surface area contributed by atoms with Crippen LogP contribution in [0, 0.1) is 12.7 Å². The van der Waals surface area contributed by atoms with E-state index < -0.39 is 5.82 Å². The Morgan fingerprint density at radius 1 is 1.35 bits per heavy atom. The minimum absolute atomic E-state index is 0.0492. The third-order valence-electron chi connectivity index (χ3n) is 2.22. The van der Waals surface area contributed by atoms with Crippen LogP contribution in [-0.2, 0) is 13.1 Å². The summed E-state index contributed by atoms with van der Waals surface area (Å²) in [6.45, 7) is 3.16. The lowest BCUT2D eigenvalue weighted by Gasteiger charge is -2.04. The Kier molecular flexibility index (Phi) is 3.71. The molecule has 3 nitrogen and oxygen atoms in total. The highest BCUT2D eigenvalue weighted by Gasteiger charge is 2.01. The van der Waals surface area contributed by atoms with Crippen LogP contribution in [0.4, 0.5) is 4.39 Å². The van der Waals surface area contributed by atoms with E-state index in [9.17, 15) is 9.50 Å². The summed E-state index contributed by atoms with van der Waals surface area (Å²) in [5.41, 5.74) is 0.718. The Balaban J connectivity index is 1.89. The average molecular weight is 252 g/mol. The predicted molar refractivity (Wildman–Crippen MR) is 65.5 cm³/mol. The number of rotatable bonds is 4. The van der Waals surface area contributed by atoms with Crippen LogP contribution >= 0.6 is 11.3 Å². The molecule has 0 spiro atoms. The molecular weight excluding hydrogens is 239 g/mol. The first kappa shape index (κ1) is 12.0. The Labute approximate surface area is 103 Å². The maximum atomic E-state index is 13.0. The molecule has 0 saturated heterocycles. The quantitative estimate of drug-likeness (QED) is 0.879. The van der Waals surface area contributed by atoms with Gasteiger partial charge in [0.25, 0.3) is 0 Å². The molecular formula is C12H13FN2OS. The highest BCUT2D eigenvalue weighted by Crippen LogP contribution is 2.15. The second-order valence-corrected chi connectivity index (χ2v) is 5.11. The van der Waals surface area contributed by atoms with Crippen molar-refractivity contribution in [2.45, 2.75) is 20.0 Å². The Bertz CT molecular complexity index is 493. The van der Waals surface area contributed by atoms with Gasteiger partial charge < -0.3 is 10.4 Å². The van der Waals surface area contributed by atoms with Crippen molar-refractivity contribution in [3.63, 3.8) is 0 Å². The third kappa shape index (κ3) is 3.51. The number of aromatic hydroxyl groups is 1. The van der Waals surface area contributed by atoms with Crippen LogP contribution in [-0.4, -0.2) is 10.1 Å². The number of nitrogens with one attached hydrogen (secondary N) is 1. The first-order chi connectivity index (χ1) is 8.13. The lowest BCUT2D eigenvalue weighted by atomic mass is 10.2. The number of aryl methyl sites for hydroxylation is 1. The van der Waals surface area contributed by atoms with Gasteiger partial charge >= 0.3 is 0 Å². The molecule has 0 saturated carbocycles. The number of phenolic OH excluding ortho intramolecular Hbond substituents is 1. The van der Waals surface area contributed by atoms with Crippen molar-refractivity contribution in [3.8, 4) is 5.75 Å². The molecule has 0 aliphatic carbocycles. The number of hydrogen-bond acceptors (Lipinski definition) is 4. The summed E-state index contributed by atoms with van der Waals surface area (Å²) >= 11 is 1.63. The minimum Gasteiger partial charge on any atom is -0.508 e. The molecule has 1 heterocycles. The molecule has 90 valence electrons. The van der Waals surface area contributed by atoms with Gasteiger partial charge in [-0.25, -0.2) is 9.37 Å². The highest BCUT2D eigenvalue weighted by molar-refractivity contribution is 7.11. The van der Waals surface area contributed by atoms with Gasteiger partial charge in [-0.3, -0.25) is 0 Å². The second-order valence-electron chi connectivity index (χ2n) is 3.79. The molecule has 2 rings (SSSR count). The van der Waals surface area contributed by atoms with Gasteiger partial charge in [0.05, 0.1) is 0 Å². The van der Waals surface area contributed by atoms with Crippen LogP contribution in [0.2, 0.25) is 0 Å². The van der Waals surface area contributed by atoms with E-state index in [0.717, 1.165) is 16.6 Å². The summed E-state index contributed by atoms with van der Waals surface area (Å²) < 4.78 is 13.0. The lowest BCUT2D eigenvalue weighted by molar-refractivity contribution is 0.467. The van der Waals surface area contributed by atoms with Gasteiger partial charge in [-0.05, 0) is 24.6 Å². The topological polar surface area (TPSA) is 45.2 Å². The van der Waals surface area contributed by atoms with Crippen molar-refractivity contribution >= 4 is 11.3 Å². The van der Waals surface area contributed by atoms with Crippen molar-refractivity contribution in [1.29, 1.82) is 0 Å². The van der Waals surface area contributed by atoms with Gasteiger partial charge in [0, 0.05) is 30.2 Å². The lowest BCUT2D eigenvalue weighted by Crippen LogP contribution is -2.12. The molecule has 1 aromatic carbocycles. The molecule has 2 N–H and O–H groups in total.